The molecule has 0 unspecified atom stereocenters. The monoisotopic (exact) mass is 406 g/mol. The Morgan fingerprint density at radius 2 is 1.77 bits per heavy atom. The van der Waals surface area contributed by atoms with Crippen LogP contribution in [0.5, 0.6) is 5.75 Å². The second kappa shape index (κ2) is 11.0. The van der Waals surface area contributed by atoms with Crippen molar-refractivity contribution in [2.75, 3.05) is 13.1 Å². The Bertz CT molecular complexity index is 914. The molecule has 0 amide bonds. The van der Waals surface area contributed by atoms with Gasteiger partial charge in [-0.15, -0.1) is 0 Å². The number of oxazole rings is 1. The maximum atomic E-state index is 5.85. The highest BCUT2D eigenvalue weighted by atomic mass is 16.5. The average Bonchev–Trinajstić information content (AvgIpc) is 3.09. The van der Waals surface area contributed by atoms with E-state index in [0.717, 1.165) is 48.2 Å². The van der Waals surface area contributed by atoms with Crippen LogP contribution in [0.4, 0.5) is 0 Å². The van der Waals surface area contributed by atoms with E-state index in [2.05, 4.69) is 44.9 Å². The van der Waals surface area contributed by atoms with Crippen LogP contribution in [0.25, 0.3) is 0 Å². The summed E-state index contributed by atoms with van der Waals surface area (Å²) in [5, 5.41) is 6.61. The summed E-state index contributed by atoms with van der Waals surface area (Å²) in [7, 11) is 0. The molecule has 1 aromatic heterocycles. The summed E-state index contributed by atoms with van der Waals surface area (Å²) in [4.78, 5) is 8.93. The molecule has 3 aromatic rings. The Balaban J connectivity index is 1.45. The van der Waals surface area contributed by atoms with Crippen LogP contribution in [0.3, 0.4) is 0 Å². The van der Waals surface area contributed by atoms with Gasteiger partial charge >= 0.3 is 0 Å². The number of hydrogen-bond acceptors (Lipinski definition) is 4. The molecule has 6 heteroatoms. The van der Waals surface area contributed by atoms with Crippen molar-refractivity contribution in [1.82, 2.24) is 15.6 Å². The molecule has 0 spiro atoms. The van der Waals surface area contributed by atoms with E-state index in [0.29, 0.717) is 19.0 Å². The molecule has 0 aliphatic rings. The van der Waals surface area contributed by atoms with E-state index in [1.165, 1.54) is 5.56 Å². The minimum atomic E-state index is 0.414. The molecule has 0 bridgehead atoms. The van der Waals surface area contributed by atoms with Crippen LogP contribution < -0.4 is 15.4 Å². The quantitative estimate of drug-likeness (QED) is 0.412. The van der Waals surface area contributed by atoms with Gasteiger partial charge in [0.1, 0.15) is 24.7 Å². The fourth-order valence-electron chi connectivity index (χ4n) is 2.91. The van der Waals surface area contributed by atoms with Crippen molar-refractivity contribution in [2.45, 2.75) is 40.3 Å². The molecule has 6 nitrogen and oxygen atoms in total. The Labute approximate surface area is 178 Å². The zero-order valence-electron chi connectivity index (χ0n) is 17.9. The average molecular weight is 407 g/mol. The molecular formula is C24H30N4O2. The smallest absolute Gasteiger partial charge is 0.216 e. The molecule has 2 N–H and O–H groups in total. The van der Waals surface area contributed by atoms with E-state index < -0.39 is 0 Å². The van der Waals surface area contributed by atoms with Gasteiger partial charge in [-0.05, 0) is 50.5 Å². The highest BCUT2D eigenvalue weighted by Crippen LogP contribution is 2.14. The minimum Gasteiger partial charge on any atom is -0.489 e. The molecular weight excluding hydrogens is 376 g/mol. The lowest BCUT2D eigenvalue weighted by Crippen LogP contribution is -2.38. The first-order valence-corrected chi connectivity index (χ1v) is 10.3. The van der Waals surface area contributed by atoms with E-state index in [9.17, 15) is 0 Å². The second-order valence-corrected chi connectivity index (χ2v) is 7.04. The summed E-state index contributed by atoms with van der Waals surface area (Å²) >= 11 is 0. The number of aliphatic imine (C=N–C) groups is 1. The molecule has 0 radical (unpaired) electrons. The van der Waals surface area contributed by atoms with Gasteiger partial charge in [0.25, 0.3) is 0 Å². The zero-order valence-corrected chi connectivity index (χ0v) is 17.9. The molecule has 30 heavy (non-hydrogen) atoms. The van der Waals surface area contributed by atoms with E-state index in [-0.39, 0.29) is 0 Å². The highest BCUT2D eigenvalue weighted by molar-refractivity contribution is 5.79. The number of aromatic nitrogens is 1. The number of rotatable bonds is 9. The van der Waals surface area contributed by atoms with E-state index in [1.807, 2.05) is 51.1 Å². The summed E-state index contributed by atoms with van der Waals surface area (Å²) in [6.45, 7) is 8.46. The van der Waals surface area contributed by atoms with Crippen LogP contribution in [0, 0.1) is 13.8 Å². The molecule has 158 valence electrons. The molecule has 0 saturated heterocycles. The fourth-order valence-corrected chi connectivity index (χ4v) is 2.91. The SMILES string of the molecule is CCNC(=NCc1nc(C)c(C)o1)NCCc1ccc(OCc2ccccc2)cc1. The number of nitrogens with zero attached hydrogens (tertiary/aromatic N) is 2. The molecule has 0 atom stereocenters. The van der Waals surface area contributed by atoms with E-state index in [4.69, 9.17) is 9.15 Å². The van der Waals surface area contributed by atoms with E-state index in [1.54, 1.807) is 0 Å². The topological polar surface area (TPSA) is 71.7 Å². The maximum Gasteiger partial charge on any atom is 0.216 e. The van der Waals surface area contributed by atoms with Crippen molar-refractivity contribution in [3.63, 3.8) is 0 Å². The van der Waals surface area contributed by atoms with Gasteiger partial charge in [0, 0.05) is 13.1 Å². The summed E-state index contributed by atoms with van der Waals surface area (Å²) in [6, 6.07) is 18.4. The van der Waals surface area contributed by atoms with Gasteiger partial charge in [-0.25, -0.2) is 9.98 Å². The number of benzene rings is 2. The number of nitrogens with one attached hydrogen (secondary N) is 2. The predicted octanol–water partition coefficient (Wildman–Crippen LogP) is 4.17. The van der Waals surface area contributed by atoms with Crippen LogP contribution in [0.1, 0.15) is 35.4 Å². The Morgan fingerprint density at radius 1 is 1.00 bits per heavy atom. The van der Waals surface area contributed by atoms with Gasteiger partial charge in [-0.2, -0.15) is 0 Å². The third-order valence-corrected chi connectivity index (χ3v) is 4.67. The standard InChI is InChI=1S/C24H30N4O2/c1-4-25-24(27-16-23-28-18(2)19(3)30-23)26-15-14-20-10-12-22(13-11-20)29-17-21-8-6-5-7-9-21/h5-13H,4,14-17H2,1-3H3,(H2,25,26,27). The minimum absolute atomic E-state index is 0.414. The van der Waals surface area contributed by atoms with Crippen molar-refractivity contribution in [1.29, 1.82) is 0 Å². The van der Waals surface area contributed by atoms with Crippen LogP contribution >= 0.6 is 0 Å². The lowest BCUT2D eigenvalue weighted by atomic mass is 10.1. The van der Waals surface area contributed by atoms with Crippen molar-refractivity contribution >= 4 is 5.96 Å². The van der Waals surface area contributed by atoms with Crippen LogP contribution in [-0.2, 0) is 19.6 Å². The van der Waals surface area contributed by atoms with Crippen molar-refractivity contribution < 1.29 is 9.15 Å². The van der Waals surface area contributed by atoms with Gasteiger partial charge in [0.15, 0.2) is 5.96 Å². The van der Waals surface area contributed by atoms with Crippen molar-refractivity contribution in [3.8, 4) is 5.75 Å². The first-order valence-electron chi connectivity index (χ1n) is 10.3. The molecule has 1 heterocycles. The van der Waals surface area contributed by atoms with Gasteiger partial charge in [-0.1, -0.05) is 42.5 Å². The molecule has 0 aliphatic heterocycles. The van der Waals surface area contributed by atoms with Crippen molar-refractivity contribution in [3.05, 3.63) is 83.1 Å². The zero-order chi connectivity index (χ0) is 21.2. The third kappa shape index (κ3) is 6.65. The summed E-state index contributed by atoms with van der Waals surface area (Å²) in [5.41, 5.74) is 3.31. The van der Waals surface area contributed by atoms with Crippen LogP contribution in [0.15, 0.2) is 64.0 Å². The summed E-state index contributed by atoms with van der Waals surface area (Å²) < 4.78 is 11.4. The van der Waals surface area contributed by atoms with Gasteiger partial charge in [0.2, 0.25) is 5.89 Å². The number of guanidine groups is 1. The van der Waals surface area contributed by atoms with Gasteiger partial charge < -0.3 is 19.8 Å². The Morgan fingerprint density at radius 3 is 2.43 bits per heavy atom. The first kappa shape index (κ1) is 21.4. The van der Waals surface area contributed by atoms with E-state index >= 15 is 0 Å². The Hall–Kier alpha value is -3.28. The first-order chi connectivity index (χ1) is 14.6. The normalized spacial score (nSPS) is 11.4. The second-order valence-electron chi connectivity index (χ2n) is 7.04. The van der Waals surface area contributed by atoms with Crippen LogP contribution in [-0.4, -0.2) is 24.0 Å². The van der Waals surface area contributed by atoms with Gasteiger partial charge in [-0.3, -0.25) is 0 Å². The predicted molar refractivity (Wildman–Crippen MR) is 120 cm³/mol. The lowest BCUT2D eigenvalue weighted by molar-refractivity contribution is 0.306. The molecule has 0 saturated carbocycles. The van der Waals surface area contributed by atoms with Gasteiger partial charge in [0.05, 0.1) is 5.69 Å². The lowest BCUT2D eigenvalue weighted by Gasteiger charge is -2.11. The highest BCUT2D eigenvalue weighted by Gasteiger charge is 2.05. The molecule has 2 aromatic carbocycles. The Kier molecular flexibility index (Phi) is 7.89. The largest absolute Gasteiger partial charge is 0.489 e. The van der Waals surface area contributed by atoms with Crippen LogP contribution in [0.2, 0.25) is 0 Å². The fraction of sp³-hybridized carbons (Fsp3) is 0.333. The maximum absolute atomic E-state index is 5.85. The summed E-state index contributed by atoms with van der Waals surface area (Å²) in [6.07, 6.45) is 0.889. The third-order valence-electron chi connectivity index (χ3n) is 4.67. The van der Waals surface area contributed by atoms with Crippen molar-refractivity contribution in [2.24, 2.45) is 4.99 Å². The molecule has 3 rings (SSSR count). The number of aryl methyl sites for hydroxylation is 2. The molecule has 0 aliphatic carbocycles. The summed E-state index contributed by atoms with van der Waals surface area (Å²) in [5.74, 6) is 3.11. The molecule has 0 fully saturated rings. The number of ether oxygens (including phenoxy) is 1. The number of hydrogen-bond donors (Lipinski definition) is 2.